The van der Waals surface area contributed by atoms with Crippen molar-refractivity contribution in [2.24, 2.45) is 0 Å². The maximum atomic E-state index is 11.0. The van der Waals surface area contributed by atoms with E-state index in [1.54, 1.807) is 0 Å². The number of sulfone groups is 1. The van der Waals surface area contributed by atoms with Crippen LogP contribution in [-0.2, 0) is 23.2 Å². The summed E-state index contributed by atoms with van der Waals surface area (Å²) in [5, 5.41) is 8.38. The van der Waals surface area contributed by atoms with Crippen molar-refractivity contribution in [1.29, 1.82) is 0 Å². The molecule has 106 valence electrons. The molecule has 0 aromatic rings. The van der Waals surface area contributed by atoms with E-state index in [4.69, 9.17) is 24.7 Å². The molecule has 0 aliphatic carbocycles. The van der Waals surface area contributed by atoms with Crippen LogP contribution in [0.1, 0.15) is 0 Å². The molecule has 0 radical (unpaired) electrons. The van der Waals surface area contributed by atoms with Crippen molar-refractivity contribution in [3.63, 3.8) is 0 Å². The zero-order valence-corrected chi connectivity index (χ0v) is 11.2. The van der Waals surface area contributed by atoms with E-state index in [0.717, 1.165) is 0 Å². The summed E-state index contributed by atoms with van der Waals surface area (Å²) in [4.78, 5) is 34.3. The Bertz CT molecular complexity index is 370. The maximum absolute atomic E-state index is 11.0. The molecule has 0 aliphatic rings. The molecule has 0 saturated heterocycles. The molecular formula is C4H14O10P2S. The molecule has 0 heterocycles. The molecule has 0 bridgehead atoms. The number of aliphatic hydroxyl groups excluding tert-OH is 1. The van der Waals surface area contributed by atoms with Crippen LogP contribution in [0.3, 0.4) is 0 Å². The van der Waals surface area contributed by atoms with Crippen LogP contribution in [0.4, 0.5) is 0 Å². The van der Waals surface area contributed by atoms with Crippen LogP contribution in [0.5, 0.6) is 0 Å². The SMILES string of the molecule is O=P(O)(O)O[PH](O)(O)OCCS(=O)(=O)CCO. The van der Waals surface area contributed by atoms with Gasteiger partial charge in [-0.05, 0) is 0 Å². The van der Waals surface area contributed by atoms with Crippen LogP contribution in [0.15, 0.2) is 0 Å². The van der Waals surface area contributed by atoms with Crippen LogP contribution >= 0.6 is 16.0 Å². The Morgan fingerprint density at radius 2 is 1.71 bits per heavy atom. The molecule has 0 aliphatic heterocycles. The summed E-state index contributed by atoms with van der Waals surface area (Å²) in [6, 6.07) is 0. The molecule has 0 aromatic heterocycles. The third-order valence-electron chi connectivity index (χ3n) is 1.32. The van der Waals surface area contributed by atoms with Gasteiger partial charge in [-0.25, -0.2) is 0 Å². The quantitative estimate of drug-likeness (QED) is 0.313. The fourth-order valence-corrected chi connectivity index (χ4v) is 3.51. The Kier molecular flexibility index (Phi) is 6.61. The van der Waals surface area contributed by atoms with Crippen LogP contribution < -0.4 is 0 Å². The average Bonchev–Trinajstić information content (AvgIpc) is 1.96. The van der Waals surface area contributed by atoms with E-state index in [0.29, 0.717) is 0 Å². The van der Waals surface area contributed by atoms with Gasteiger partial charge in [-0.3, -0.25) is 0 Å². The first-order chi connectivity index (χ1) is 7.47. The van der Waals surface area contributed by atoms with Crippen molar-refractivity contribution < 1.29 is 46.5 Å². The minimum absolute atomic E-state index is 0.527. The van der Waals surface area contributed by atoms with E-state index in [1.807, 2.05) is 0 Å². The zero-order valence-electron chi connectivity index (χ0n) is 8.46. The molecule has 0 aromatic carbocycles. The summed E-state index contributed by atoms with van der Waals surface area (Å²) in [6.45, 7) is -1.32. The van der Waals surface area contributed by atoms with E-state index in [1.165, 1.54) is 0 Å². The topological polar surface area (TPSA) is 171 Å². The first kappa shape index (κ1) is 17.3. The molecule has 0 saturated carbocycles. The van der Waals surface area contributed by atoms with Crippen molar-refractivity contribution in [1.82, 2.24) is 0 Å². The third kappa shape index (κ3) is 9.98. The van der Waals surface area contributed by atoms with E-state index in [2.05, 4.69) is 8.83 Å². The molecule has 0 fully saturated rings. The summed E-state index contributed by atoms with van der Waals surface area (Å²) in [7, 11) is -13.8. The summed E-state index contributed by atoms with van der Waals surface area (Å²) in [5.41, 5.74) is 0. The Labute approximate surface area is 97.6 Å². The Morgan fingerprint density at radius 3 is 2.12 bits per heavy atom. The molecule has 0 amide bonds. The van der Waals surface area contributed by atoms with Crippen molar-refractivity contribution in [2.45, 2.75) is 0 Å². The molecule has 0 atom stereocenters. The van der Waals surface area contributed by atoms with Crippen molar-refractivity contribution in [3.8, 4) is 0 Å². The summed E-state index contributed by atoms with van der Waals surface area (Å²) in [5.74, 6) is -1.17. The molecule has 10 nitrogen and oxygen atoms in total. The number of hydrogen-bond donors (Lipinski definition) is 5. The Hall–Kier alpha value is 0.330. The second-order valence-corrected chi connectivity index (χ2v) is 8.25. The molecule has 13 heteroatoms. The van der Waals surface area contributed by atoms with Gasteiger partial charge in [0, 0.05) is 0 Å². The third-order valence-corrected chi connectivity index (χ3v) is 5.40. The number of aliphatic hydroxyl groups is 1. The second-order valence-electron chi connectivity index (χ2n) is 2.85. The number of phosphoric acid groups is 1. The second kappa shape index (κ2) is 6.48. The predicted molar refractivity (Wildman–Crippen MR) is 57.6 cm³/mol. The van der Waals surface area contributed by atoms with Crippen molar-refractivity contribution in [3.05, 3.63) is 0 Å². The van der Waals surface area contributed by atoms with Gasteiger partial charge in [0.1, 0.15) is 0 Å². The molecular weight excluding hydrogens is 302 g/mol. The zero-order chi connectivity index (χ0) is 13.7. The molecule has 0 spiro atoms. The van der Waals surface area contributed by atoms with Gasteiger partial charge in [0.05, 0.1) is 0 Å². The van der Waals surface area contributed by atoms with E-state index < -0.39 is 50.5 Å². The molecule has 17 heavy (non-hydrogen) atoms. The van der Waals surface area contributed by atoms with Crippen LogP contribution in [0.2, 0.25) is 0 Å². The molecule has 5 N–H and O–H groups in total. The van der Waals surface area contributed by atoms with Gasteiger partial charge in [-0.15, -0.1) is 0 Å². The van der Waals surface area contributed by atoms with Gasteiger partial charge in [0.15, 0.2) is 0 Å². The van der Waals surface area contributed by atoms with Gasteiger partial charge >= 0.3 is 97.0 Å². The Balaban J connectivity index is 4.16. The van der Waals surface area contributed by atoms with Crippen LogP contribution in [-0.4, -0.2) is 57.8 Å². The number of hydrogen-bond acceptors (Lipinski definition) is 8. The summed E-state index contributed by atoms with van der Waals surface area (Å²) in [6.07, 6.45) is 0. The average molecular weight is 316 g/mol. The molecule has 0 rings (SSSR count). The van der Waals surface area contributed by atoms with Gasteiger partial charge in [0.2, 0.25) is 0 Å². The standard InChI is InChI=1S/C4H14O10P2S/c5-1-3-17(11,12)4-2-13-16(9,10)14-15(6,7)8/h5,9-10,16H,1-4H2,(H2,6,7,8). The summed E-state index contributed by atoms with van der Waals surface area (Å²) < 4.78 is 40.0. The Morgan fingerprint density at radius 1 is 1.18 bits per heavy atom. The predicted octanol–water partition coefficient (Wildman–Crippen LogP) is -2.09. The van der Waals surface area contributed by atoms with E-state index >= 15 is 0 Å². The van der Waals surface area contributed by atoms with E-state index in [9.17, 15) is 13.0 Å². The normalized spacial score (nSPS) is 14.9. The fraction of sp³-hybridized carbons (Fsp3) is 1.00. The van der Waals surface area contributed by atoms with E-state index in [-0.39, 0.29) is 0 Å². The van der Waals surface area contributed by atoms with Crippen LogP contribution in [0, 0.1) is 0 Å². The van der Waals surface area contributed by atoms with Crippen LogP contribution in [0.25, 0.3) is 0 Å². The van der Waals surface area contributed by atoms with Crippen molar-refractivity contribution >= 4 is 25.8 Å². The fourth-order valence-electron chi connectivity index (χ4n) is 0.724. The number of rotatable bonds is 8. The monoisotopic (exact) mass is 316 g/mol. The summed E-state index contributed by atoms with van der Waals surface area (Å²) >= 11 is 0. The first-order valence-electron chi connectivity index (χ1n) is 4.14. The van der Waals surface area contributed by atoms with Crippen molar-refractivity contribution in [2.75, 3.05) is 24.7 Å². The minimum atomic E-state index is -5.13. The van der Waals surface area contributed by atoms with Gasteiger partial charge in [-0.1, -0.05) is 0 Å². The van der Waals surface area contributed by atoms with Gasteiger partial charge < -0.3 is 0 Å². The van der Waals surface area contributed by atoms with Gasteiger partial charge in [-0.2, -0.15) is 0 Å². The first-order valence-corrected chi connectivity index (χ1v) is 9.20. The van der Waals surface area contributed by atoms with Gasteiger partial charge in [0.25, 0.3) is 0 Å². The molecule has 0 unspecified atom stereocenters.